The Morgan fingerprint density at radius 3 is 2.11 bits per heavy atom. The Labute approximate surface area is 115 Å². The van der Waals surface area contributed by atoms with Crippen LogP contribution in [0, 0.1) is 5.92 Å². The fourth-order valence-electron chi connectivity index (χ4n) is 2.20. The van der Waals surface area contributed by atoms with E-state index in [2.05, 4.69) is 6.92 Å². The van der Waals surface area contributed by atoms with Crippen molar-refractivity contribution in [1.29, 1.82) is 0 Å². The molecule has 0 saturated carbocycles. The zero-order valence-electron chi connectivity index (χ0n) is 12.3. The summed E-state index contributed by atoms with van der Waals surface area (Å²) in [7, 11) is 3.49. The Morgan fingerprint density at radius 2 is 1.68 bits per heavy atom. The zero-order chi connectivity index (χ0) is 14.4. The first-order valence-corrected chi connectivity index (χ1v) is 6.93. The van der Waals surface area contributed by atoms with Crippen LogP contribution >= 0.6 is 0 Å². The molecule has 1 saturated heterocycles. The Balaban J connectivity index is 2.41. The van der Waals surface area contributed by atoms with E-state index in [-0.39, 0.29) is 17.9 Å². The molecule has 6 heteroatoms. The van der Waals surface area contributed by atoms with Gasteiger partial charge in [-0.05, 0) is 12.5 Å². The molecule has 110 valence electrons. The summed E-state index contributed by atoms with van der Waals surface area (Å²) in [5.41, 5.74) is 5.63. The van der Waals surface area contributed by atoms with Crippen LogP contribution in [0.25, 0.3) is 0 Å². The van der Waals surface area contributed by atoms with Crippen LogP contribution in [0.15, 0.2) is 0 Å². The van der Waals surface area contributed by atoms with E-state index >= 15 is 0 Å². The number of amides is 3. The minimum atomic E-state index is 0.0143. The van der Waals surface area contributed by atoms with Crippen molar-refractivity contribution in [2.24, 2.45) is 11.7 Å². The number of rotatable bonds is 4. The van der Waals surface area contributed by atoms with E-state index in [1.807, 2.05) is 4.90 Å². The molecule has 1 rings (SSSR count). The van der Waals surface area contributed by atoms with Gasteiger partial charge in [0.15, 0.2) is 0 Å². The van der Waals surface area contributed by atoms with Crippen molar-refractivity contribution in [3.05, 3.63) is 0 Å². The molecule has 0 bridgehead atoms. The van der Waals surface area contributed by atoms with Crippen LogP contribution < -0.4 is 5.73 Å². The van der Waals surface area contributed by atoms with Gasteiger partial charge < -0.3 is 20.4 Å². The lowest BCUT2D eigenvalue weighted by Gasteiger charge is -2.36. The number of urea groups is 1. The quantitative estimate of drug-likeness (QED) is 0.792. The van der Waals surface area contributed by atoms with Crippen molar-refractivity contribution in [1.82, 2.24) is 14.7 Å². The molecule has 0 aromatic rings. The smallest absolute Gasteiger partial charge is 0.319 e. The van der Waals surface area contributed by atoms with Crippen LogP contribution in [-0.2, 0) is 4.79 Å². The second-order valence-electron chi connectivity index (χ2n) is 5.26. The third kappa shape index (κ3) is 4.38. The van der Waals surface area contributed by atoms with E-state index in [0.717, 1.165) is 6.42 Å². The van der Waals surface area contributed by atoms with E-state index in [0.29, 0.717) is 39.1 Å². The van der Waals surface area contributed by atoms with Crippen LogP contribution in [0.5, 0.6) is 0 Å². The molecule has 3 amide bonds. The molecule has 0 radical (unpaired) electrons. The number of hydrogen-bond donors (Lipinski definition) is 1. The average molecular weight is 270 g/mol. The first-order chi connectivity index (χ1) is 8.99. The fourth-order valence-corrected chi connectivity index (χ4v) is 2.20. The molecule has 1 unspecified atom stereocenters. The molecule has 0 aliphatic carbocycles. The highest BCUT2D eigenvalue weighted by molar-refractivity contribution is 5.77. The van der Waals surface area contributed by atoms with Crippen LogP contribution in [0.3, 0.4) is 0 Å². The van der Waals surface area contributed by atoms with E-state index in [9.17, 15) is 9.59 Å². The molecular weight excluding hydrogens is 244 g/mol. The molecular formula is C13H26N4O2. The van der Waals surface area contributed by atoms with Gasteiger partial charge >= 0.3 is 6.03 Å². The molecule has 1 atom stereocenters. The first kappa shape index (κ1) is 15.8. The summed E-state index contributed by atoms with van der Waals surface area (Å²) in [5, 5.41) is 0. The summed E-state index contributed by atoms with van der Waals surface area (Å²) in [5.74, 6) is 0.434. The lowest BCUT2D eigenvalue weighted by Crippen LogP contribution is -2.53. The van der Waals surface area contributed by atoms with Crippen molar-refractivity contribution in [2.75, 3.05) is 46.8 Å². The highest BCUT2D eigenvalue weighted by atomic mass is 16.2. The second-order valence-corrected chi connectivity index (χ2v) is 5.26. The molecule has 1 aliphatic heterocycles. The number of hydrogen-bond acceptors (Lipinski definition) is 3. The predicted octanol–water partition coefficient (Wildman–Crippen LogP) is 0.187. The van der Waals surface area contributed by atoms with Gasteiger partial charge in [-0.3, -0.25) is 4.79 Å². The van der Waals surface area contributed by atoms with Gasteiger partial charge in [0.1, 0.15) is 0 Å². The Hall–Kier alpha value is -1.30. The minimum Gasteiger partial charge on any atom is -0.339 e. The number of nitrogens with zero attached hydrogens (tertiary/aromatic N) is 3. The average Bonchev–Trinajstić information content (AvgIpc) is 2.43. The lowest BCUT2D eigenvalue weighted by atomic mass is 10.0. The van der Waals surface area contributed by atoms with Gasteiger partial charge in [-0.2, -0.15) is 0 Å². The monoisotopic (exact) mass is 270 g/mol. The van der Waals surface area contributed by atoms with Gasteiger partial charge in [-0.1, -0.05) is 13.3 Å². The molecule has 2 N–H and O–H groups in total. The summed E-state index contributed by atoms with van der Waals surface area (Å²) in [6.45, 7) is 5.09. The van der Waals surface area contributed by atoms with Crippen LogP contribution in [0.4, 0.5) is 4.79 Å². The SMILES string of the molecule is CCC(CN)CC(=O)N1CCN(C(=O)N(C)C)CC1. The topological polar surface area (TPSA) is 69.9 Å². The normalized spacial score (nSPS) is 17.3. The van der Waals surface area contributed by atoms with Gasteiger partial charge in [-0.25, -0.2) is 4.79 Å². The van der Waals surface area contributed by atoms with Crippen LogP contribution in [-0.4, -0.2) is 73.5 Å². The number of nitrogens with two attached hydrogens (primary N) is 1. The zero-order valence-corrected chi connectivity index (χ0v) is 12.3. The first-order valence-electron chi connectivity index (χ1n) is 6.93. The van der Waals surface area contributed by atoms with Crippen LogP contribution in [0.2, 0.25) is 0 Å². The Kier molecular flexibility index (Phi) is 6.08. The van der Waals surface area contributed by atoms with E-state index in [1.54, 1.807) is 23.9 Å². The van der Waals surface area contributed by atoms with Crippen molar-refractivity contribution in [2.45, 2.75) is 19.8 Å². The minimum absolute atomic E-state index is 0.0143. The molecule has 1 aliphatic rings. The van der Waals surface area contributed by atoms with E-state index < -0.39 is 0 Å². The van der Waals surface area contributed by atoms with E-state index in [4.69, 9.17) is 5.73 Å². The van der Waals surface area contributed by atoms with Gasteiger partial charge in [0.05, 0.1) is 0 Å². The molecule has 1 fully saturated rings. The number of carbonyl (C=O) groups is 2. The largest absolute Gasteiger partial charge is 0.339 e. The highest BCUT2D eigenvalue weighted by Crippen LogP contribution is 2.11. The number of carbonyl (C=O) groups excluding carboxylic acids is 2. The standard InChI is InChI=1S/C13H26N4O2/c1-4-11(10-14)9-12(18)16-5-7-17(8-6-16)13(19)15(2)3/h11H,4-10,14H2,1-3H3. The summed E-state index contributed by atoms with van der Waals surface area (Å²) < 4.78 is 0. The summed E-state index contributed by atoms with van der Waals surface area (Å²) >= 11 is 0. The molecule has 6 nitrogen and oxygen atoms in total. The van der Waals surface area contributed by atoms with Gasteiger partial charge in [0, 0.05) is 46.7 Å². The van der Waals surface area contributed by atoms with Gasteiger partial charge in [-0.15, -0.1) is 0 Å². The maximum atomic E-state index is 12.1. The van der Waals surface area contributed by atoms with Crippen molar-refractivity contribution >= 4 is 11.9 Å². The number of piperazine rings is 1. The maximum absolute atomic E-state index is 12.1. The summed E-state index contributed by atoms with van der Waals surface area (Å²) in [6.07, 6.45) is 1.45. The Bertz CT molecular complexity index is 308. The molecule has 0 aromatic heterocycles. The third-order valence-corrected chi connectivity index (χ3v) is 3.66. The van der Waals surface area contributed by atoms with Crippen molar-refractivity contribution in [3.63, 3.8) is 0 Å². The van der Waals surface area contributed by atoms with Gasteiger partial charge in [0.2, 0.25) is 5.91 Å². The second kappa shape index (κ2) is 7.33. The maximum Gasteiger partial charge on any atom is 0.319 e. The predicted molar refractivity (Wildman–Crippen MR) is 74.7 cm³/mol. The molecule has 0 spiro atoms. The van der Waals surface area contributed by atoms with Crippen molar-refractivity contribution in [3.8, 4) is 0 Å². The van der Waals surface area contributed by atoms with Gasteiger partial charge in [0.25, 0.3) is 0 Å². The van der Waals surface area contributed by atoms with Crippen LogP contribution in [0.1, 0.15) is 19.8 Å². The highest BCUT2D eigenvalue weighted by Gasteiger charge is 2.25. The molecule has 19 heavy (non-hydrogen) atoms. The fraction of sp³-hybridized carbons (Fsp3) is 0.846. The Morgan fingerprint density at radius 1 is 1.16 bits per heavy atom. The molecule has 1 heterocycles. The summed E-state index contributed by atoms with van der Waals surface area (Å²) in [6, 6.07) is 0.0143. The van der Waals surface area contributed by atoms with Crippen molar-refractivity contribution < 1.29 is 9.59 Å². The van der Waals surface area contributed by atoms with E-state index in [1.165, 1.54) is 0 Å². The lowest BCUT2D eigenvalue weighted by molar-refractivity contribution is -0.133. The summed E-state index contributed by atoms with van der Waals surface area (Å²) in [4.78, 5) is 29.1. The molecule has 0 aromatic carbocycles. The third-order valence-electron chi connectivity index (χ3n) is 3.66.